The molecule has 0 heterocycles. The van der Waals surface area contributed by atoms with Gasteiger partial charge in [0.25, 0.3) is 5.69 Å². The molecular weight excluding hydrogens is 315 g/mol. The Balaban J connectivity index is 2.38. The minimum Gasteiger partial charge on any atom is -0.454 e. The molecule has 0 spiro atoms. The molecule has 0 amide bonds. The zero-order valence-corrected chi connectivity index (χ0v) is 12.6. The van der Waals surface area contributed by atoms with E-state index in [1.54, 1.807) is 6.07 Å². The van der Waals surface area contributed by atoms with Crippen LogP contribution < -0.4 is 10.5 Å². The average Bonchev–Trinajstić information content (AvgIpc) is 2.43. The summed E-state index contributed by atoms with van der Waals surface area (Å²) in [6.45, 7) is 2.29. The van der Waals surface area contributed by atoms with Crippen LogP contribution in [0.3, 0.4) is 0 Å². The fourth-order valence-electron chi connectivity index (χ4n) is 1.81. The maximum atomic E-state index is 10.7. The number of nitrogens with zero attached hydrogens (tertiary/aromatic N) is 1. The number of nitro groups is 1. The van der Waals surface area contributed by atoms with Gasteiger partial charge in [0.1, 0.15) is 5.75 Å². The molecule has 7 heteroatoms. The topological polar surface area (TPSA) is 78.4 Å². The van der Waals surface area contributed by atoms with Crippen LogP contribution in [0.4, 0.5) is 5.69 Å². The van der Waals surface area contributed by atoms with Crippen LogP contribution in [0.15, 0.2) is 30.3 Å². The van der Waals surface area contributed by atoms with E-state index >= 15 is 0 Å². The molecule has 0 unspecified atom stereocenters. The number of benzene rings is 2. The second-order valence-electron chi connectivity index (χ2n) is 4.40. The van der Waals surface area contributed by atoms with Crippen LogP contribution in [-0.4, -0.2) is 4.92 Å². The van der Waals surface area contributed by atoms with Gasteiger partial charge in [-0.1, -0.05) is 35.3 Å². The van der Waals surface area contributed by atoms with E-state index in [-0.39, 0.29) is 21.5 Å². The lowest BCUT2D eigenvalue weighted by Gasteiger charge is -2.12. The molecule has 0 saturated carbocycles. The third-order valence-electron chi connectivity index (χ3n) is 2.88. The molecule has 2 aromatic carbocycles. The summed E-state index contributed by atoms with van der Waals surface area (Å²) in [6.07, 6.45) is 0. The maximum Gasteiger partial charge on any atom is 0.272 e. The van der Waals surface area contributed by atoms with Gasteiger partial charge in [0.05, 0.1) is 15.0 Å². The lowest BCUT2D eigenvalue weighted by molar-refractivity contribution is -0.384. The second kappa shape index (κ2) is 6.30. The summed E-state index contributed by atoms with van der Waals surface area (Å²) in [6, 6.07) is 7.88. The van der Waals surface area contributed by atoms with Gasteiger partial charge in [-0.05, 0) is 24.1 Å². The maximum absolute atomic E-state index is 10.7. The smallest absolute Gasteiger partial charge is 0.272 e. The van der Waals surface area contributed by atoms with E-state index < -0.39 is 4.92 Å². The largest absolute Gasteiger partial charge is 0.454 e. The standard InChI is InChI=1S/C14H12Cl2N2O3/c1-8-4-9(7-17)2-3-13(8)21-14-11(15)5-10(18(19)20)6-12(14)16/h2-6H,7,17H2,1H3. The minimum absolute atomic E-state index is 0.0801. The highest BCUT2D eigenvalue weighted by Gasteiger charge is 2.17. The molecule has 2 aromatic rings. The van der Waals surface area contributed by atoms with Crippen molar-refractivity contribution in [3.05, 3.63) is 61.6 Å². The summed E-state index contributed by atoms with van der Waals surface area (Å²) in [5.41, 5.74) is 7.22. The summed E-state index contributed by atoms with van der Waals surface area (Å²) >= 11 is 12.0. The SMILES string of the molecule is Cc1cc(CN)ccc1Oc1c(Cl)cc([N+](=O)[O-])cc1Cl. The van der Waals surface area contributed by atoms with Gasteiger partial charge >= 0.3 is 0 Å². The number of hydrogen-bond acceptors (Lipinski definition) is 4. The first-order valence-corrected chi connectivity index (χ1v) is 6.79. The molecule has 0 fully saturated rings. The van der Waals surface area contributed by atoms with Crippen LogP contribution in [0.25, 0.3) is 0 Å². The third kappa shape index (κ3) is 3.44. The molecule has 0 bridgehead atoms. The van der Waals surface area contributed by atoms with E-state index in [1.807, 2.05) is 19.1 Å². The Labute approximate surface area is 131 Å². The molecule has 2 N–H and O–H groups in total. The molecule has 2 rings (SSSR count). The summed E-state index contributed by atoms with van der Waals surface area (Å²) < 4.78 is 5.68. The summed E-state index contributed by atoms with van der Waals surface area (Å²) in [4.78, 5) is 10.2. The molecule has 0 saturated heterocycles. The fourth-order valence-corrected chi connectivity index (χ4v) is 2.37. The van der Waals surface area contributed by atoms with E-state index in [4.69, 9.17) is 33.7 Å². The van der Waals surface area contributed by atoms with Crippen LogP contribution >= 0.6 is 23.2 Å². The summed E-state index contributed by atoms with van der Waals surface area (Å²) in [5.74, 6) is 0.748. The Morgan fingerprint density at radius 3 is 2.33 bits per heavy atom. The van der Waals surface area contributed by atoms with Crippen LogP contribution in [0.2, 0.25) is 10.0 Å². The van der Waals surface area contributed by atoms with Gasteiger partial charge in [-0.2, -0.15) is 0 Å². The van der Waals surface area contributed by atoms with Crippen molar-refractivity contribution < 1.29 is 9.66 Å². The van der Waals surface area contributed by atoms with E-state index in [9.17, 15) is 10.1 Å². The molecule has 110 valence electrons. The van der Waals surface area contributed by atoms with Crippen molar-refractivity contribution in [1.29, 1.82) is 0 Å². The van der Waals surface area contributed by atoms with Crippen molar-refractivity contribution in [2.24, 2.45) is 5.73 Å². The van der Waals surface area contributed by atoms with E-state index in [0.29, 0.717) is 12.3 Å². The normalized spacial score (nSPS) is 10.5. The highest BCUT2D eigenvalue weighted by Crippen LogP contribution is 2.40. The van der Waals surface area contributed by atoms with Gasteiger partial charge in [-0.3, -0.25) is 10.1 Å². The lowest BCUT2D eigenvalue weighted by atomic mass is 10.1. The number of ether oxygens (including phenoxy) is 1. The van der Waals surface area contributed by atoms with Crippen molar-refractivity contribution in [3.63, 3.8) is 0 Å². The first kappa shape index (κ1) is 15.6. The summed E-state index contributed by atoms with van der Waals surface area (Å²) in [7, 11) is 0. The Morgan fingerprint density at radius 2 is 1.86 bits per heavy atom. The van der Waals surface area contributed by atoms with Gasteiger partial charge in [0, 0.05) is 18.7 Å². The van der Waals surface area contributed by atoms with Gasteiger partial charge in [0.15, 0.2) is 5.75 Å². The number of nitro benzene ring substituents is 1. The first-order chi connectivity index (χ1) is 9.92. The van der Waals surface area contributed by atoms with Crippen molar-refractivity contribution >= 4 is 28.9 Å². The molecule has 0 radical (unpaired) electrons. The van der Waals surface area contributed by atoms with E-state index in [1.165, 1.54) is 12.1 Å². The molecule has 0 aliphatic carbocycles. The Hall–Kier alpha value is -1.82. The highest BCUT2D eigenvalue weighted by molar-refractivity contribution is 6.37. The molecule has 0 atom stereocenters. The lowest BCUT2D eigenvalue weighted by Crippen LogP contribution is -1.98. The van der Waals surface area contributed by atoms with Crippen LogP contribution in [0, 0.1) is 17.0 Å². The Morgan fingerprint density at radius 1 is 1.24 bits per heavy atom. The Kier molecular flexibility index (Phi) is 4.67. The monoisotopic (exact) mass is 326 g/mol. The number of nitrogens with two attached hydrogens (primary N) is 1. The van der Waals surface area contributed by atoms with Crippen LogP contribution in [0.5, 0.6) is 11.5 Å². The molecule has 0 aliphatic rings. The van der Waals surface area contributed by atoms with E-state index in [0.717, 1.165) is 11.1 Å². The van der Waals surface area contributed by atoms with E-state index in [2.05, 4.69) is 0 Å². The van der Waals surface area contributed by atoms with Gasteiger partial charge < -0.3 is 10.5 Å². The predicted molar refractivity (Wildman–Crippen MR) is 82.3 cm³/mol. The second-order valence-corrected chi connectivity index (χ2v) is 5.22. The summed E-state index contributed by atoms with van der Waals surface area (Å²) in [5, 5.41) is 10.9. The molecular formula is C14H12Cl2N2O3. The average molecular weight is 327 g/mol. The zero-order valence-electron chi connectivity index (χ0n) is 11.1. The first-order valence-electron chi connectivity index (χ1n) is 6.03. The predicted octanol–water partition coefficient (Wildman–Crippen LogP) is 4.46. The number of rotatable bonds is 4. The van der Waals surface area contributed by atoms with Crippen LogP contribution in [0.1, 0.15) is 11.1 Å². The molecule has 0 aliphatic heterocycles. The van der Waals surface area contributed by atoms with Crippen molar-refractivity contribution in [2.45, 2.75) is 13.5 Å². The number of non-ortho nitro benzene ring substituents is 1. The van der Waals surface area contributed by atoms with Gasteiger partial charge in [-0.25, -0.2) is 0 Å². The Bertz CT molecular complexity index is 682. The van der Waals surface area contributed by atoms with Crippen molar-refractivity contribution in [3.8, 4) is 11.5 Å². The van der Waals surface area contributed by atoms with Crippen molar-refractivity contribution in [2.75, 3.05) is 0 Å². The molecule has 5 nitrogen and oxygen atoms in total. The van der Waals surface area contributed by atoms with Crippen molar-refractivity contribution in [1.82, 2.24) is 0 Å². The zero-order chi connectivity index (χ0) is 15.6. The third-order valence-corrected chi connectivity index (χ3v) is 3.44. The quantitative estimate of drug-likeness (QED) is 0.664. The van der Waals surface area contributed by atoms with Gasteiger partial charge in [-0.15, -0.1) is 0 Å². The number of halogens is 2. The number of aryl methyl sites for hydroxylation is 1. The minimum atomic E-state index is -0.567. The van der Waals surface area contributed by atoms with Gasteiger partial charge in [0.2, 0.25) is 0 Å². The van der Waals surface area contributed by atoms with Crippen LogP contribution in [-0.2, 0) is 6.54 Å². The highest BCUT2D eigenvalue weighted by atomic mass is 35.5. The molecule has 0 aromatic heterocycles. The number of hydrogen-bond donors (Lipinski definition) is 1. The fraction of sp³-hybridized carbons (Fsp3) is 0.143. The molecule has 21 heavy (non-hydrogen) atoms.